The van der Waals surface area contributed by atoms with Crippen LogP contribution in [-0.4, -0.2) is 47.4 Å². The van der Waals surface area contributed by atoms with Crippen LogP contribution in [0.15, 0.2) is 12.3 Å². The van der Waals surface area contributed by atoms with E-state index in [1.807, 2.05) is 12.2 Å². The van der Waals surface area contributed by atoms with E-state index in [0.29, 0.717) is 6.61 Å². The van der Waals surface area contributed by atoms with Crippen LogP contribution in [0.5, 0.6) is 11.6 Å². The molecule has 0 aliphatic carbocycles. The quantitative estimate of drug-likeness (QED) is 0.510. The zero-order valence-electron chi connectivity index (χ0n) is 14.4. The van der Waals surface area contributed by atoms with E-state index in [1.54, 1.807) is 13.8 Å². The molecule has 9 heteroatoms. The molecule has 0 atom stereocenters. The molecule has 0 bridgehead atoms. The molecule has 0 fully saturated rings. The van der Waals surface area contributed by atoms with Crippen LogP contribution in [0.4, 0.5) is 4.79 Å². The number of carbonyl (C=O) groups excluding carboxylic acids is 2. The number of amides is 1. The van der Waals surface area contributed by atoms with Crippen molar-refractivity contribution in [3.05, 3.63) is 17.8 Å². The second kappa shape index (κ2) is 10.1. The topological polar surface area (TPSA) is 124 Å². The van der Waals surface area contributed by atoms with Crippen molar-refractivity contribution < 1.29 is 33.7 Å². The van der Waals surface area contributed by atoms with Crippen LogP contribution in [0.2, 0.25) is 0 Å². The van der Waals surface area contributed by atoms with E-state index in [4.69, 9.17) is 19.3 Å². The normalized spacial score (nSPS) is 10.2. The number of nitrogens with one attached hydrogen (secondary N) is 1. The molecule has 1 amide bonds. The first-order chi connectivity index (χ1) is 11.8. The summed E-state index contributed by atoms with van der Waals surface area (Å²) < 4.78 is 15.5. The van der Waals surface area contributed by atoms with Crippen molar-refractivity contribution in [2.45, 2.75) is 39.7 Å². The molecule has 2 N–H and O–H groups in total. The number of esters is 1. The van der Waals surface area contributed by atoms with Crippen LogP contribution in [0.25, 0.3) is 0 Å². The van der Waals surface area contributed by atoms with Crippen LogP contribution >= 0.6 is 0 Å². The van der Waals surface area contributed by atoms with E-state index >= 15 is 0 Å². The summed E-state index contributed by atoms with van der Waals surface area (Å²) in [5.41, 5.74) is 0.157. The fraction of sp³-hybridized carbons (Fsp3) is 0.500. The molecule has 0 saturated heterocycles. The zero-order valence-corrected chi connectivity index (χ0v) is 14.4. The minimum atomic E-state index is -1.21. The Kier molecular flexibility index (Phi) is 8.17. The van der Waals surface area contributed by atoms with Crippen molar-refractivity contribution in [3.63, 3.8) is 0 Å². The van der Waals surface area contributed by atoms with Gasteiger partial charge >= 0.3 is 18.0 Å². The second-order valence-corrected chi connectivity index (χ2v) is 5.32. The van der Waals surface area contributed by atoms with Gasteiger partial charge in [-0.1, -0.05) is 13.3 Å². The highest BCUT2D eigenvalue weighted by atomic mass is 16.6. The van der Waals surface area contributed by atoms with E-state index in [2.05, 4.69) is 4.98 Å². The Hall–Kier alpha value is -2.84. The van der Waals surface area contributed by atoms with Crippen LogP contribution in [0, 0.1) is 0 Å². The third kappa shape index (κ3) is 7.51. The predicted molar refractivity (Wildman–Crippen MR) is 86.9 cm³/mol. The standard InChI is InChI=1S/C16H22N2O7/c1-4-5-6-23-15(21)11-7-12(24-10(2)3)14(17-8-11)25-16(22)18-9-13(19)20/h7-8,10H,4-6,9H2,1-3H3,(H,18,22)(H,19,20). The maximum Gasteiger partial charge on any atom is 0.414 e. The number of aliphatic carboxylic acids is 1. The number of nitrogens with zero attached hydrogens (tertiary/aromatic N) is 1. The van der Waals surface area contributed by atoms with Gasteiger partial charge in [-0.2, -0.15) is 0 Å². The molecular formula is C16H22N2O7. The van der Waals surface area contributed by atoms with E-state index in [-0.39, 0.29) is 23.3 Å². The van der Waals surface area contributed by atoms with Crippen LogP contribution in [0.1, 0.15) is 44.0 Å². The largest absolute Gasteiger partial charge is 0.485 e. The Labute approximate surface area is 145 Å². The number of carboxylic acid groups (broad SMARTS) is 1. The first-order valence-electron chi connectivity index (χ1n) is 7.84. The summed E-state index contributed by atoms with van der Waals surface area (Å²) in [6, 6.07) is 1.36. The Balaban J connectivity index is 2.88. The number of hydrogen-bond donors (Lipinski definition) is 2. The van der Waals surface area contributed by atoms with Gasteiger partial charge in [-0.3, -0.25) is 4.79 Å². The molecule has 0 spiro atoms. The van der Waals surface area contributed by atoms with Crippen LogP contribution in [-0.2, 0) is 9.53 Å². The number of aromatic nitrogens is 1. The maximum absolute atomic E-state index is 12.0. The summed E-state index contributed by atoms with van der Waals surface area (Å²) in [6.45, 7) is 5.18. The second-order valence-electron chi connectivity index (χ2n) is 5.32. The van der Waals surface area contributed by atoms with Gasteiger partial charge in [0.25, 0.3) is 5.88 Å². The molecule has 0 saturated carbocycles. The molecule has 1 rings (SSSR count). The number of hydrogen-bond acceptors (Lipinski definition) is 7. The van der Waals surface area contributed by atoms with E-state index in [0.717, 1.165) is 12.8 Å². The molecule has 0 unspecified atom stereocenters. The monoisotopic (exact) mass is 354 g/mol. The maximum atomic E-state index is 12.0. The van der Waals surface area contributed by atoms with Gasteiger partial charge in [0.15, 0.2) is 5.75 Å². The molecule has 1 aromatic rings. The van der Waals surface area contributed by atoms with Crippen LogP contribution < -0.4 is 14.8 Å². The summed E-state index contributed by atoms with van der Waals surface area (Å²) in [7, 11) is 0. The fourth-order valence-electron chi connectivity index (χ4n) is 1.62. The Morgan fingerprint density at radius 3 is 2.64 bits per heavy atom. The number of pyridine rings is 1. The number of unbranched alkanes of at least 4 members (excludes halogenated alkanes) is 1. The number of ether oxygens (including phenoxy) is 3. The average Bonchev–Trinajstić information content (AvgIpc) is 2.54. The van der Waals surface area contributed by atoms with E-state index < -0.39 is 24.6 Å². The Morgan fingerprint density at radius 2 is 2.04 bits per heavy atom. The lowest BCUT2D eigenvalue weighted by molar-refractivity contribution is -0.135. The highest BCUT2D eigenvalue weighted by molar-refractivity contribution is 5.89. The van der Waals surface area contributed by atoms with Crippen molar-refractivity contribution in [3.8, 4) is 11.6 Å². The van der Waals surface area contributed by atoms with Crippen molar-refractivity contribution in [2.75, 3.05) is 13.2 Å². The molecule has 1 heterocycles. The number of rotatable bonds is 9. The Morgan fingerprint density at radius 1 is 1.32 bits per heavy atom. The lowest BCUT2D eigenvalue weighted by Gasteiger charge is -2.14. The predicted octanol–water partition coefficient (Wildman–Crippen LogP) is 2.00. The molecular weight excluding hydrogens is 332 g/mol. The van der Waals surface area contributed by atoms with Gasteiger partial charge in [0, 0.05) is 12.3 Å². The molecule has 9 nitrogen and oxygen atoms in total. The lowest BCUT2D eigenvalue weighted by Crippen LogP contribution is -2.32. The third-order valence-corrected chi connectivity index (χ3v) is 2.72. The van der Waals surface area contributed by atoms with Crippen molar-refractivity contribution in [2.24, 2.45) is 0 Å². The molecule has 0 aliphatic heterocycles. The fourth-order valence-corrected chi connectivity index (χ4v) is 1.62. The van der Waals surface area contributed by atoms with Crippen molar-refractivity contribution in [1.82, 2.24) is 10.3 Å². The van der Waals surface area contributed by atoms with Gasteiger partial charge in [0.2, 0.25) is 0 Å². The van der Waals surface area contributed by atoms with E-state index in [9.17, 15) is 14.4 Å². The third-order valence-electron chi connectivity index (χ3n) is 2.72. The summed E-state index contributed by atoms with van der Waals surface area (Å²) >= 11 is 0. The van der Waals surface area contributed by atoms with Gasteiger partial charge in [-0.05, 0) is 20.3 Å². The van der Waals surface area contributed by atoms with Crippen LogP contribution in [0.3, 0.4) is 0 Å². The number of carboxylic acids is 1. The lowest BCUT2D eigenvalue weighted by atomic mass is 10.2. The molecule has 0 aliphatic rings. The summed E-state index contributed by atoms with van der Waals surface area (Å²) in [4.78, 5) is 37.9. The average molecular weight is 354 g/mol. The van der Waals surface area contributed by atoms with E-state index in [1.165, 1.54) is 12.3 Å². The zero-order chi connectivity index (χ0) is 18.8. The first kappa shape index (κ1) is 20.2. The van der Waals surface area contributed by atoms with Gasteiger partial charge in [0.1, 0.15) is 6.54 Å². The molecule has 0 aromatic carbocycles. The molecule has 0 radical (unpaired) electrons. The minimum absolute atomic E-state index is 0.0745. The van der Waals surface area contributed by atoms with Crippen molar-refractivity contribution in [1.29, 1.82) is 0 Å². The summed E-state index contributed by atoms with van der Waals surface area (Å²) in [5.74, 6) is -1.88. The SMILES string of the molecule is CCCCOC(=O)c1cnc(OC(=O)NCC(=O)O)c(OC(C)C)c1. The minimum Gasteiger partial charge on any atom is -0.485 e. The van der Waals surface area contributed by atoms with Gasteiger partial charge in [0.05, 0.1) is 18.3 Å². The highest BCUT2D eigenvalue weighted by Crippen LogP contribution is 2.27. The smallest absolute Gasteiger partial charge is 0.414 e. The Bertz CT molecular complexity index is 617. The molecule has 1 aromatic heterocycles. The molecule has 138 valence electrons. The summed E-state index contributed by atoms with van der Waals surface area (Å²) in [6.07, 6.45) is 1.58. The molecule has 25 heavy (non-hydrogen) atoms. The van der Waals surface area contributed by atoms with Gasteiger partial charge < -0.3 is 24.6 Å². The first-order valence-corrected chi connectivity index (χ1v) is 7.84. The van der Waals surface area contributed by atoms with Crippen molar-refractivity contribution >= 4 is 18.0 Å². The summed E-state index contributed by atoms with van der Waals surface area (Å²) in [5, 5.41) is 10.6. The van der Waals surface area contributed by atoms with Gasteiger partial charge in [-0.15, -0.1) is 0 Å². The number of carbonyl (C=O) groups is 3. The highest BCUT2D eigenvalue weighted by Gasteiger charge is 2.18. The van der Waals surface area contributed by atoms with Gasteiger partial charge in [-0.25, -0.2) is 14.6 Å².